The molecule has 0 aliphatic carbocycles. The Hall–Kier alpha value is -1.99. The molecule has 0 atom stereocenters. The molecular formula is C14H18N2O4S. The number of methoxy groups -OCH3 is 2. The summed E-state index contributed by atoms with van der Waals surface area (Å²) in [5, 5.41) is 0. The third kappa shape index (κ3) is 3.77. The molecule has 1 heterocycles. The smallest absolute Gasteiger partial charge is 0.244 e. The van der Waals surface area contributed by atoms with E-state index in [1.807, 2.05) is 29.1 Å². The second-order valence-electron chi connectivity index (χ2n) is 4.34. The number of aromatic nitrogens is 1. The van der Waals surface area contributed by atoms with Gasteiger partial charge in [-0.1, -0.05) is 0 Å². The van der Waals surface area contributed by atoms with Crippen molar-refractivity contribution in [3.05, 3.63) is 42.7 Å². The summed E-state index contributed by atoms with van der Waals surface area (Å²) in [7, 11) is -0.689. The van der Waals surface area contributed by atoms with Crippen molar-refractivity contribution in [3.8, 4) is 11.5 Å². The van der Waals surface area contributed by atoms with Crippen molar-refractivity contribution in [2.24, 2.45) is 0 Å². The number of sulfonamides is 1. The largest absolute Gasteiger partial charge is 0.497 e. The molecule has 6 nitrogen and oxygen atoms in total. The second kappa shape index (κ2) is 6.64. The minimum absolute atomic E-state index is 0.0957. The average Bonchev–Trinajstić information content (AvgIpc) is 2.99. The fraction of sp³-hybridized carbons (Fsp3) is 0.286. The van der Waals surface area contributed by atoms with E-state index in [1.165, 1.54) is 20.3 Å². The van der Waals surface area contributed by atoms with Crippen LogP contribution in [0.2, 0.25) is 0 Å². The molecule has 114 valence electrons. The summed E-state index contributed by atoms with van der Waals surface area (Å²) < 4.78 is 39.2. The van der Waals surface area contributed by atoms with Crippen LogP contribution >= 0.6 is 0 Å². The van der Waals surface area contributed by atoms with E-state index in [-0.39, 0.29) is 10.6 Å². The van der Waals surface area contributed by atoms with Gasteiger partial charge in [0.25, 0.3) is 0 Å². The summed E-state index contributed by atoms with van der Waals surface area (Å²) in [5.41, 5.74) is 0. The maximum atomic E-state index is 12.3. The molecule has 1 aromatic carbocycles. The molecule has 0 fully saturated rings. The number of ether oxygens (including phenoxy) is 2. The van der Waals surface area contributed by atoms with Gasteiger partial charge >= 0.3 is 0 Å². The van der Waals surface area contributed by atoms with Crippen LogP contribution in [0.15, 0.2) is 47.6 Å². The van der Waals surface area contributed by atoms with Gasteiger partial charge < -0.3 is 14.0 Å². The fourth-order valence-corrected chi connectivity index (χ4v) is 3.07. The monoisotopic (exact) mass is 310 g/mol. The molecule has 0 amide bonds. The Bertz CT molecular complexity index is 681. The van der Waals surface area contributed by atoms with Crippen LogP contribution in [0.25, 0.3) is 0 Å². The number of hydrogen-bond acceptors (Lipinski definition) is 4. The Balaban J connectivity index is 2.11. The summed E-state index contributed by atoms with van der Waals surface area (Å²) in [6.07, 6.45) is 3.75. The normalized spacial score (nSPS) is 11.3. The van der Waals surface area contributed by atoms with Gasteiger partial charge in [-0.15, -0.1) is 0 Å². The molecule has 1 N–H and O–H groups in total. The first-order valence-corrected chi connectivity index (χ1v) is 7.87. The number of nitrogens with zero attached hydrogens (tertiary/aromatic N) is 1. The molecule has 0 spiro atoms. The van der Waals surface area contributed by atoms with Gasteiger partial charge in [-0.25, -0.2) is 13.1 Å². The Labute approximate surface area is 124 Å². The van der Waals surface area contributed by atoms with Crippen molar-refractivity contribution in [3.63, 3.8) is 0 Å². The van der Waals surface area contributed by atoms with Gasteiger partial charge in [0.1, 0.15) is 16.4 Å². The molecule has 7 heteroatoms. The highest BCUT2D eigenvalue weighted by Gasteiger charge is 2.19. The minimum atomic E-state index is -3.63. The van der Waals surface area contributed by atoms with E-state index in [9.17, 15) is 8.42 Å². The summed E-state index contributed by atoms with van der Waals surface area (Å²) in [4.78, 5) is 0.0957. The summed E-state index contributed by atoms with van der Waals surface area (Å²) in [6.45, 7) is 0.858. The Morgan fingerprint density at radius 1 is 1.14 bits per heavy atom. The molecule has 0 radical (unpaired) electrons. The topological polar surface area (TPSA) is 69.6 Å². The quantitative estimate of drug-likeness (QED) is 0.841. The number of rotatable bonds is 7. The molecule has 0 saturated carbocycles. The molecule has 1 aromatic heterocycles. The van der Waals surface area contributed by atoms with Gasteiger partial charge in [-0.05, 0) is 24.3 Å². The van der Waals surface area contributed by atoms with Crippen molar-refractivity contribution in [2.45, 2.75) is 11.4 Å². The third-order valence-corrected chi connectivity index (χ3v) is 4.49. The molecule has 0 aliphatic rings. The summed E-state index contributed by atoms with van der Waals surface area (Å²) in [5.74, 6) is 0.793. The predicted molar refractivity (Wildman–Crippen MR) is 79.2 cm³/mol. The van der Waals surface area contributed by atoms with Crippen LogP contribution in [-0.2, 0) is 16.6 Å². The molecule has 2 rings (SSSR count). The van der Waals surface area contributed by atoms with E-state index in [1.54, 1.807) is 12.1 Å². The Morgan fingerprint density at radius 2 is 1.86 bits per heavy atom. The van der Waals surface area contributed by atoms with Gasteiger partial charge in [-0.3, -0.25) is 0 Å². The number of nitrogens with one attached hydrogen (secondary N) is 1. The first kappa shape index (κ1) is 15.4. The molecule has 0 saturated heterocycles. The zero-order valence-electron chi connectivity index (χ0n) is 11.9. The van der Waals surface area contributed by atoms with Gasteiger partial charge in [0.15, 0.2) is 0 Å². The van der Waals surface area contributed by atoms with Crippen molar-refractivity contribution < 1.29 is 17.9 Å². The van der Waals surface area contributed by atoms with E-state index in [0.29, 0.717) is 18.8 Å². The Morgan fingerprint density at radius 3 is 2.48 bits per heavy atom. The van der Waals surface area contributed by atoms with E-state index in [0.717, 1.165) is 0 Å². The lowest BCUT2D eigenvalue weighted by atomic mass is 10.3. The molecular weight excluding hydrogens is 292 g/mol. The fourth-order valence-electron chi connectivity index (χ4n) is 1.90. The zero-order chi connectivity index (χ0) is 15.3. The van der Waals surface area contributed by atoms with E-state index < -0.39 is 10.0 Å². The highest BCUT2D eigenvalue weighted by atomic mass is 32.2. The highest BCUT2D eigenvalue weighted by molar-refractivity contribution is 7.89. The number of hydrogen-bond donors (Lipinski definition) is 1. The first-order chi connectivity index (χ1) is 10.1. The summed E-state index contributed by atoms with van der Waals surface area (Å²) >= 11 is 0. The van der Waals surface area contributed by atoms with Gasteiger partial charge in [0.05, 0.1) is 14.2 Å². The SMILES string of the molecule is COc1ccc(S(=O)(=O)NCCn2cccc2)c(OC)c1. The molecule has 0 aliphatic heterocycles. The van der Waals surface area contributed by atoms with Crippen LogP contribution in [-0.4, -0.2) is 33.7 Å². The lowest BCUT2D eigenvalue weighted by Gasteiger charge is -2.12. The minimum Gasteiger partial charge on any atom is -0.497 e. The van der Waals surface area contributed by atoms with Crippen molar-refractivity contribution >= 4 is 10.0 Å². The Kier molecular flexibility index (Phi) is 4.87. The predicted octanol–water partition coefficient (Wildman–Crippen LogP) is 1.48. The van der Waals surface area contributed by atoms with Crippen LogP contribution in [0.3, 0.4) is 0 Å². The van der Waals surface area contributed by atoms with E-state index in [4.69, 9.17) is 9.47 Å². The average molecular weight is 310 g/mol. The zero-order valence-corrected chi connectivity index (χ0v) is 12.8. The van der Waals surface area contributed by atoms with E-state index in [2.05, 4.69) is 4.72 Å². The standard InChI is InChI=1S/C14H18N2O4S/c1-19-12-5-6-14(13(11-12)20-2)21(17,18)15-7-10-16-8-3-4-9-16/h3-6,8-9,11,15H,7,10H2,1-2H3. The number of benzene rings is 1. The molecule has 21 heavy (non-hydrogen) atoms. The van der Waals surface area contributed by atoms with Crippen LogP contribution < -0.4 is 14.2 Å². The maximum Gasteiger partial charge on any atom is 0.244 e. The second-order valence-corrected chi connectivity index (χ2v) is 6.07. The third-order valence-electron chi connectivity index (χ3n) is 2.99. The summed E-state index contributed by atoms with van der Waals surface area (Å²) in [6, 6.07) is 8.38. The van der Waals surface area contributed by atoms with Gasteiger partial charge in [0.2, 0.25) is 10.0 Å². The van der Waals surface area contributed by atoms with Crippen LogP contribution in [0.5, 0.6) is 11.5 Å². The highest BCUT2D eigenvalue weighted by Crippen LogP contribution is 2.28. The van der Waals surface area contributed by atoms with Gasteiger partial charge in [-0.2, -0.15) is 0 Å². The maximum absolute atomic E-state index is 12.3. The van der Waals surface area contributed by atoms with Crippen LogP contribution in [0, 0.1) is 0 Å². The van der Waals surface area contributed by atoms with Crippen LogP contribution in [0.1, 0.15) is 0 Å². The van der Waals surface area contributed by atoms with Crippen molar-refractivity contribution in [2.75, 3.05) is 20.8 Å². The molecule has 0 unspecified atom stereocenters. The lowest BCUT2D eigenvalue weighted by molar-refractivity contribution is 0.386. The van der Waals surface area contributed by atoms with Gasteiger partial charge in [0, 0.05) is 31.5 Å². The van der Waals surface area contributed by atoms with Crippen molar-refractivity contribution in [1.82, 2.24) is 9.29 Å². The van der Waals surface area contributed by atoms with Crippen LogP contribution in [0.4, 0.5) is 0 Å². The molecule has 0 bridgehead atoms. The van der Waals surface area contributed by atoms with Crippen molar-refractivity contribution in [1.29, 1.82) is 0 Å². The molecule has 2 aromatic rings. The van der Waals surface area contributed by atoms with E-state index >= 15 is 0 Å². The lowest BCUT2D eigenvalue weighted by Crippen LogP contribution is -2.27. The first-order valence-electron chi connectivity index (χ1n) is 6.39.